The van der Waals surface area contributed by atoms with E-state index < -0.39 is 11.9 Å². The molecule has 3 atom stereocenters. The van der Waals surface area contributed by atoms with E-state index in [9.17, 15) is 18.0 Å². The molecule has 128 valence electrons. The van der Waals surface area contributed by atoms with Gasteiger partial charge in [0, 0.05) is 18.5 Å². The molecular formula is C15H20F3N3OS. The van der Waals surface area contributed by atoms with Crippen LogP contribution in [0.3, 0.4) is 0 Å². The third kappa shape index (κ3) is 3.68. The average molecular weight is 347 g/mol. The fourth-order valence-corrected chi connectivity index (χ4v) is 4.42. The first kappa shape index (κ1) is 16.7. The van der Waals surface area contributed by atoms with Gasteiger partial charge in [-0.1, -0.05) is 12.8 Å². The lowest BCUT2D eigenvalue weighted by molar-refractivity contribution is -0.140. The molecule has 1 N–H and O–H groups in total. The van der Waals surface area contributed by atoms with Gasteiger partial charge < -0.3 is 10.2 Å². The first-order valence-corrected chi connectivity index (χ1v) is 8.75. The van der Waals surface area contributed by atoms with E-state index in [0.29, 0.717) is 17.0 Å². The number of carbonyl (C=O) groups excluding carboxylic acids is 1. The fourth-order valence-electron chi connectivity index (χ4n) is 3.57. The van der Waals surface area contributed by atoms with Crippen molar-refractivity contribution in [2.75, 3.05) is 7.05 Å². The van der Waals surface area contributed by atoms with Gasteiger partial charge in [-0.2, -0.15) is 13.2 Å². The van der Waals surface area contributed by atoms with Crippen LogP contribution in [0.25, 0.3) is 0 Å². The molecule has 1 saturated heterocycles. The van der Waals surface area contributed by atoms with Crippen molar-refractivity contribution < 1.29 is 18.0 Å². The Kier molecular flexibility index (Phi) is 4.64. The number of nitrogens with zero attached hydrogens (tertiary/aromatic N) is 2. The summed E-state index contributed by atoms with van der Waals surface area (Å²) in [6.45, 7) is 0.118. The van der Waals surface area contributed by atoms with E-state index in [1.807, 2.05) is 0 Å². The van der Waals surface area contributed by atoms with E-state index in [0.717, 1.165) is 36.0 Å². The van der Waals surface area contributed by atoms with Crippen molar-refractivity contribution in [2.24, 2.45) is 5.92 Å². The molecule has 2 fully saturated rings. The van der Waals surface area contributed by atoms with Gasteiger partial charge >= 0.3 is 6.18 Å². The molecule has 2 aliphatic rings. The summed E-state index contributed by atoms with van der Waals surface area (Å²) >= 11 is 0.939. The lowest BCUT2D eigenvalue weighted by Crippen LogP contribution is -2.43. The normalized spacial score (nSPS) is 27.7. The van der Waals surface area contributed by atoms with Crippen LogP contribution in [-0.4, -0.2) is 34.9 Å². The molecule has 1 aromatic rings. The Bertz CT molecular complexity index is 561. The van der Waals surface area contributed by atoms with Crippen molar-refractivity contribution in [3.8, 4) is 0 Å². The lowest BCUT2D eigenvalue weighted by atomic mass is 9.85. The quantitative estimate of drug-likeness (QED) is 0.914. The Morgan fingerprint density at radius 3 is 2.83 bits per heavy atom. The Morgan fingerprint density at radius 1 is 1.43 bits per heavy atom. The molecule has 0 spiro atoms. The third-order valence-corrected chi connectivity index (χ3v) is 5.59. The standard InChI is InChI=1S/C15H20F3N3OS/c1-21(7-13-20-12(8-23-13)15(16,17)18)14(22)11-6-9-4-2-3-5-10(9)19-11/h8-11,19H,2-7H2,1H3. The number of likely N-dealkylation sites (N-methyl/N-ethyl adjacent to an activating group) is 1. The van der Waals surface area contributed by atoms with Gasteiger partial charge in [-0.3, -0.25) is 4.79 Å². The maximum atomic E-state index is 12.6. The summed E-state index contributed by atoms with van der Waals surface area (Å²) in [6.07, 6.45) is 1.09. The number of halogens is 3. The topological polar surface area (TPSA) is 45.2 Å². The number of alkyl halides is 3. The predicted octanol–water partition coefficient (Wildman–Crippen LogP) is 3.04. The highest BCUT2D eigenvalue weighted by Crippen LogP contribution is 2.34. The molecule has 1 saturated carbocycles. The smallest absolute Gasteiger partial charge is 0.338 e. The minimum Gasteiger partial charge on any atom is -0.338 e. The molecule has 1 aliphatic carbocycles. The van der Waals surface area contributed by atoms with E-state index in [-0.39, 0.29) is 18.5 Å². The maximum Gasteiger partial charge on any atom is 0.434 e. The van der Waals surface area contributed by atoms with E-state index >= 15 is 0 Å². The minimum absolute atomic E-state index is 0.0526. The van der Waals surface area contributed by atoms with Gasteiger partial charge in [-0.15, -0.1) is 11.3 Å². The summed E-state index contributed by atoms with van der Waals surface area (Å²) in [5.41, 5.74) is -0.886. The van der Waals surface area contributed by atoms with Crippen LogP contribution in [0, 0.1) is 5.92 Å². The van der Waals surface area contributed by atoms with Crippen molar-refractivity contribution in [1.29, 1.82) is 0 Å². The maximum absolute atomic E-state index is 12.6. The zero-order valence-electron chi connectivity index (χ0n) is 12.9. The molecule has 1 amide bonds. The largest absolute Gasteiger partial charge is 0.434 e. The number of rotatable bonds is 3. The molecule has 4 nitrogen and oxygen atoms in total. The zero-order chi connectivity index (χ0) is 16.6. The SMILES string of the molecule is CN(Cc1nc(C(F)(F)F)cs1)C(=O)C1CC2CCCCC2N1. The number of fused-ring (bicyclic) bond motifs is 1. The highest BCUT2D eigenvalue weighted by Gasteiger charge is 2.39. The van der Waals surface area contributed by atoms with Gasteiger partial charge in [0.1, 0.15) is 5.01 Å². The molecule has 3 rings (SSSR count). The van der Waals surface area contributed by atoms with Gasteiger partial charge in [0.25, 0.3) is 0 Å². The summed E-state index contributed by atoms with van der Waals surface area (Å²) < 4.78 is 37.7. The van der Waals surface area contributed by atoms with Gasteiger partial charge in [0.2, 0.25) is 5.91 Å². The van der Waals surface area contributed by atoms with Crippen molar-refractivity contribution in [2.45, 2.75) is 56.9 Å². The minimum atomic E-state index is -4.43. The molecule has 0 bridgehead atoms. The number of hydrogen-bond acceptors (Lipinski definition) is 4. The summed E-state index contributed by atoms with van der Waals surface area (Å²) in [6, 6.07) is 0.206. The van der Waals surface area contributed by atoms with Crippen LogP contribution in [0.15, 0.2) is 5.38 Å². The molecule has 2 heterocycles. The monoisotopic (exact) mass is 347 g/mol. The number of hydrogen-bond donors (Lipinski definition) is 1. The van der Waals surface area contributed by atoms with Crippen molar-refractivity contribution in [1.82, 2.24) is 15.2 Å². The molecule has 0 radical (unpaired) electrons. The number of thiazole rings is 1. The Morgan fingerprint density at radius 2 is 2.17 bits per heavy atom. The summed E-state index contributed by atoms with van der Waals surface area (Å²) in [5.74, 6) is 0.506. The Hall–Kier alpha value is -1.15. The lowest BCUT2D eigenvalue weighted by Gasteiger charge is -2.24. The van der Waals surface area contributed by atoms with E-state index in [4.69, 9.17) is 0 Å². The fraction of sp³-hybridized carbons (Fsp3) is 0.733. The van der Waals surface area contributed by atoms with Crippen molar-refractivity contribution in [3.05, 3.63) is 16.1 Å². The molecule has 1 aliphatic heterocycles. The van der Waals surface area contributed by atoms with Crippen LogP contribution in [0.5, 0.6) is 0 Å². The van der Waals surface area contributed by atoms with Crippen molar-refractivity contribution in [3.63, 3.8) is 0 Å². The molecule has 23 heavy (non-hydrogen) atoms. The molecule has 3 unspecified atom stereocenters. The van der Waals surface area contributed by atoms with Crippen LogP contribution in [0.4, 0.5) is 13.2 Å². The number of aromatic nitrogens is 1. The third-order valence-electron chi connectivity index (χ3n) is 4.75. The van der Waals surface area contributed by atoms with E-state index in [1.165, 1.54) is 17.7 Å². The van der Waals surface area contributed by atoms with E-state index in [2.05, 4.69) is 10.3 Å². The highest BCUT2D eigenvalue weighted by molar-refractivity contribution is 7.09. The van der Waals surface area contributed by atoms with Crippen LogP contribution >= 0.6 is 11.3 Å². The molecule has 1 aromatic heterocycles. The molecule has 8 heteroatoms. The summed E-state index contributed by atoms with van der Waals surface area (Å²) in [5, 5.41) is 4.71. The van der Waals surface area contributed by atoms with Crippen LogP contribution in [0.1, 0.15) is 42.8 Å². The zero-order valence-corrected chi connectivity index (χ0v) is 13.7. The number of amides is 1. The number of nitrogens with one attached hydrogen (secondary N) is 1. The van der Waals surface area contributed by atoms with Gasteiger partial charge in [-0.05, 0) is 25.2 Å². The van der Waals surface area contributed by atoms with Gasteiger partial charge in [-0.25, -0.2) is 4.98 Å². The van der Waals surface area contributed by atoms with Crippen LogP contribution < -0.4 is 5.32 Å². The van der Waals surface area contributed by atoms with Gasteiger partial charge in [0.15, 0.2) is 5.69 Å². The Balaban J connectivity index is 1.58. The highest BCUT2D eigenvalue weighted by atomic mass is 32.1. The predicted molar refractivity (Wildman–Crippen MR) is 80.9 cm³/mol. The van der Waals surface area contributed by atoms with Crippen molar-refractivity contribution >= 4 is 17.2 Å². The molecule has 0 aromatic carbocycles. The summed E-state index contributed by atoms with van der Waals surface area (Å²) in [4.78, 5) is 17.6. The second kappa shape index (κ2) is 6.39. The Labute approximate surface area is 137 Å². The average Bonchev–Trinajstić information content (AvgIpc) is 3.11. The molecular weight excluding hydrogens is 327 g/mol. The van der Waals surface area contributed by atoms with Gasteiger partial charge in [0.05, 0.1) is 12.6 Å². The second-order valence-electron chi connectivity index (χ2n) is 6.42. The summed E-state index contributed by atoms with van der Waals surface area (Å²) in [7, 11) is 1.63. The van der Waals surface area contributed by atoms with Crippen LogP contribution in [0.2, 0.25) is 0 Å². The first-order valence-electron chi connectivity index (χ1n) is 7.87. The second-order valence-corrected chi connectivity index (χ2v) is 7.37. The van der Waals surface area contributed by atoms with Crippen LogP contribution in [-0.2, 0) is 17.5 Å². The van der Waals surface area contributed by atoms with E-state index in [1.54, 1.807) is 7.05 Å². The first-order chi connectivity index (χ1) is 10.8. The number of carbonyl (C=O) groups is 1.